The van der Waals surface area contributed by atoms with Gasteiger partial charge in [0, 0.05) is 25.1 Å². The van der Waals surface area contributed by atoms with Crippen LogP contribution in [0.3, 0.4) is 0 Å². The number of hydrogen-bond acceptors (Lipinski definition) is 4. The average Bonchev–Trinajstić information content (AvgIpc) is 2.79. The van der Waals surface area contributed by atoms with Gasteiger partial charge in [-0.05, 0) is 6.07 Å². The Bertz CT molecular complexity index is 519. The number of hydrogen-bond donors (Lipinski definition) is 1. The lowest BCUT2D eigenvalue weighted by atomic mass is 10.2. The second kappa shape index (κ2) is 8.42. The molecule has 0 bridgehead atoms. The fraction of sp³-hybridized carbons (Fsp3) is 0.533. The van der Waals surface area contributed by atoms with Crippen LogP contribution in [0.4, 0.5) is 0 Å². The van der Waals surface area contributed by atoms with Crippen LogP contribution in [0.1, 0.15) is 12.0 Å². The van der Waals surface area contributed by atoms with E-state index in [1.165, 1.54) is 0 Å². The second-order valence-corrected chi connectivity index (χ2v) is 5.07. The van der Waals surface area contributed by atoms with E-state index < -0.39 is 0 Å². The third kappa shape index (κ3) is 4.16. The first-order valence-electron chi connectivity index (χ1n) is 7.35. The normalized spacial score (nSPS) is 18.4. The number of ether oxygens (including phenoxy) is 3. The molecule has 0 spiro atoms. The highest BCUT2D eigenvalue weighted by atomic mass is 127. The zero-order chi connectivity index (χ0) is 14.5. The molecule has 2 aliphatic rings. The quantitative estimate of drug-likeness (QED) is 0.448. The van der Waals surface area contributed by atoms with Gasteiger partial charge in [0.15, 0.2) is 17.5 Å². The Morgan fingerprint density at radius 2 is 1.91 bits per heavy atom. The van der Waals surface area contributed by atoms with Gasteiger partial charge in [0.25, 0.3) is 0 Å². The molecule has 0 atom stereocenters. The van der Waals surface area contributed by atoms with Crippen molar-refractivity contribution >= 4 is 29.9 Å². The van der Waals surface area contributed by atoms with Gasteiger partial charge in [0.2, 0.25) is 0 Å². The summed E-state index contributed by atoms with van der Waals surface area (Å²) < 4.78 is 16.8. The molecule has 122 valence electrons. The summed E-state index contributed by atoms with van der Waals surface area (Å²) >= 11 is 0. The van der Waals surface area contributed by atoms with E-state index in [0.717, 1.165) is 36.6 Å². The molecule has 1 fully saturated rings. The zero-order valence-electron chi connectivity index (χ0n) is 12.5. The molecule has 0 amide bonds. The third-order valence-corrected chi connectivity index (χ3v) is 3.60. The van der Waals surface area contributed by atoms with Gasteiger partial charge in [-0.2, -0.15) is 0 Å². The van der Waals surface area contributed by atoms with Crippen LogP contribution in [0, 0.1) is 0 Å². The van der Waals surface area contributed by atoms with Crippen LogP contribution in [0.25, 0.3) is 0 Å². The molecule has 3 rings (SSSR count). The molecule has 0 aromatic heterocycles. The van der Waals surface area contributed by atoms with Gasteiger partial charge >= 0.3 is 0 Å². The summed E-state index contributed by atoms with van der Waals surface area (Å²) in [4.78, 5) is 6.53. The minimum Gasteiger partial charge on any atom is -0.490 e. The molecule has 2 N–H and O–H groups in total. The Labute approximate surface area is 147 Å². The standard InChI is InChI=1S/C15H21N3O3.HI/c16-15(18-5-9-19-10-6-18)17-11-12-3-1-4-13-14(12)21-8-2-7-20-13;/h1,3-4H,2,5-11H2,(H2,16,17);1H. The summed E-state index contributed by atoms with van der Waals surface area (Å²) in [6, 6.07) is 5.89. The fourth-order valence-corrected chi connectivity index (χ4v) is 2.44. The third-order valence-electron chi connectivity index (χ3n) is 3.60. The zero-order valence-corrected chi connectivity index (χ0v) is 14.8. The van der Waals surface area contributed by atoms with E-state index in [2.05, 4.69) is 4.99 Å². The lowest BCUT2D eigenvalue weighted by Crippen LogP contribution is -2.44. The Kier molecular flexibility index (Phi) is 6.56. The van der Waals surface area contributed by atoms with Crippen molar-refractivity contribution in [3.05, 3.63) is 23.8 Å². The van der Waals surface area contributed by atoms with Crippen molar-refractivity contribution in [3.8, 4) is 11.5 Å². The first-order valence-corrected chi connectivity index (χ1v) is 7.35. The molecule has 0 aliphatic carbocycles. The van der Waals surface area contributed by atoms with Gasteiger partial charge in [-0.15, -0.1) is 24.0 Å². The molecule has 0 unspecified atom stereocenters. The largest absolute Gasteiger partial charge is 0.490 e. The number of para-hydroxylation sites is 1. The first kappa shape index (κ1) is 17.1. The van der Waals surface area contributed by atoms with Crippen molar-refractivity contribution in [1.29, 1.82) is 0 Å². The smallest absolute Gasteiger partial charge is 0.191 e. The molecule has 1 aromatic carbocycles. The number of nitrogens with zero attached hydrogens (tertiary/aromatic N) is 2. The van der Waals surface area contributed by atoms with Crippen molar-refractivity contribution in [3.63, 3.8) is 0 Å². The van der Waals surface area contributed by atoms with Gasteiger partial charge in [-0.1, -0.05) is 12.1 Å². The highest BCUT2D eigenvalue weighted by Crippen LogP contribution is 2.33. The highest BCUT2D eigenvalue weighted by molar-refractivity contribution is 14.0. The van der Waals surface area contributed by atoms with Crippen LogP contribution in [-0.2, 0) is 11.3 Å². The molecular weight excluding hydrogens is 397 g/mol. The van der Waals surface area contributed by atoms with Crippen LogP contribution in [0.2, 0.25) is 0 Å². The maximum atomic E-state index is 6.05. The molecule has 6 nitrogen and oxygen atoms in total. The predicted octanol–water partition coefficient (Wildman–Crippen LogP) is 1.61. The van der Waals surface area contributed by atoms with Crippen molar-refractivity contribution in [2.24, 2.45) is 10.7 Å². The minimum atomic E-state index is 0. The summed E-state index contributed by atoms with van der Waals surface area (Å²) in [7, 11) is 0. The molecule has 7 heteroatoms. The lowest BCUT2D eigenvalue weighted by Gasteiger charge is -2.27. The number of guanidine groups is 1. The first-order chi connectivity index (χ1) is 10.3. The van der Waals surface area contributed by atoms with Crippen molar-refractivity contribution in [2.75, 3.05) is 39.5 Å². The summed E-state index contributed by atoms with van der Waals surface area (Å²) in [6.07, 6.45) is 0.896. The summed E-state index contributed by atoms with van der Waals surface area (Å²) in [6.45, 7) is 4.85. The van der Waals surface area contributed by atoms with Crippen LogP contribution in [0.5, 0.6) is 11.5 Å². The number of rotatable bonds is 2. The molecule has 0 saturated carbocycles. The maximum absolute atomic E-state index is 6.05. The molecule has 2 aliphatic heterocycles. The topological polar surface area (TPSA) is 69.3 Å². The lowest BCUT2D eigenvalue weighted by molar-refractivity contribution is 0.0674. The number of nitrogens with two attached hydrogens (primary N) is 1. The Hall–Kier alpha value is -1.22. The van der Waals surface area contributed by atoms with Gasteiger partial charge < -0.3 is 24.8 Å². The van der Waals surface area contributed by atoms with Crippen molar-refractivity contribution in [2.45, 2.75) is 13.0 Å². The number of morpholine rings is 1. The highest BCUT2D eigenvalue weighted by Gasteiger charge is 2.15. The minimum absolute atomic E-state index is 0. The van der Waals surface area contributed by atoms with E-state index in [0.29, 0.717) is 38.9 Å². The van der Waals surface area contributed by atoms with E-state index in [1.54, 1.807) is 0 Å². The summed E-state index contributed by atoms with van der Waals surface area (Å²) in [5, 5.41) is 0. The number of benzene rings is 1. The van der Waals surface area contributed by atoms with Crippen LogP contribution >= 0.6 is 24.0 Å². The Balaban J connectivity index is 0.00000176. The number of aliphatic imine (C=N–C) groups is 1. The molecule has 22 heavy (non-hydrogen) atoms. The SMILES string of the molecule is I.NC(=NCc1cccc2c1OCCCO2)N1CCOCC1. The van der Waals surface area contributed by atoms with Crippen LogP contribution in [-0.4, -0.2) is 50.4 Å². The summed E-state index contributed by atoms with van der Waals surface area (Å²) in [5.74, 6) is 2.16. The summed E-state index contributed by atoms with van der Waals surface area (Å²) in [5.41, 5.74) is 7.06. The number of halogens is 1. The molecule has 1 saturated heterocycles. The van der Waals surface area contributed by atoms with Crippen LogP contribution in [0.15, 0.2) is 23.2 Å². The van der Waals surface area contributed by atoms with E-state index in [1.807, 2.05) is 23.1 Å². The van der Waals surface area contributed by atoms with Crippen molar-refractivity contribution in [1.82, 2.24) is 4.90 Å². The predicted molar refractivity (Wildman–Crippen MR) is 95.2 cm³/mol. The van der Waals surface area contributed by atoms with Crippen LogP contribution < -0.4 is 15.2 Å². The molecule has 0 radical (unpaired) electrons. The molecule has 2 heterocycles. The molecular formula is C15H22IN3O3. The van der Waals surface area contributed by atoms with Gasteiger partial charge in [-0.3, -0.25) is 0 Å². The van der Waals surface area contributed by atoms with E-state index in [4.69, 9.17) is 19.9 Å². The van der Waals surface area contributed by atoms with E-state index >= 15 is 0 Å². The molecule has 1 aromatic rings. The fourth-order valence-electron chi connectivity index (χ4n) is 2.44. The van der Waals surface area contributed by atoms with Gasteiger partial charge in [0.1, 0.15) is 0 Å². The van der Waals surface area contributed by atoms with Gasteiger partial charge in [-0.25, -0.2) is 4.99 Å². The van der Waals surface area contributed by atoms with E-state index in [-0.39, 0.29) is 24.0 Å². The Morgan fingerprint density at radius 1 is 1.14 bits per heavy atom. The van der Waals surface area contributed by atoms with Gasteiger partial charge in [0.05, 0.1) is 33.0 Å². The van der Waals surface area contributed by atoms with E-state index in [9.17, 15) is 0 Å². The Morgan fingerprint density at radius 3 is 2.73 bits per heavy atom. The monoisotopic (exact) mass is 419 g/mol. The second-order valence-electron chi connectivity index (χ2n) is 5.07. The van der Waals surface area contributed by atoms with Crippen molar-refractivity contribution < 1.29 is 14.2 Å². The maximum Gasteiger partial charge on any atom is 0.191 e. The average molecular weight is 419 g/mol. The number of fused-ring (bicyclic) bond motifs is 1.